The van der Waals surface area contributed by atoms with E-state index in [1.807, 2.05) is 37.3 Å². The molecule has 0 amide bonds. The first-order valence-electron chi connectivity index (χ1n) is 8.07. The van der Waals surface area contributed by atoms with Crippen LogP contribution in [0.4, 0.5) is 5.69 Å². The zero-order valence-corrected chi connectivity index (χ0v) is 13.8. The lowest BCUT2D eigenvalue weighted by molar-refractivity contribution is -0.384. The third kappa shape index (κ3) is 4.19. The number of hydrogen-bond acceptors (Lipinski definition) is 4. The van der Waals surface area contributed by atoms with E-state index < -0.39 is 10.9 Å². The first kappa shape index (κ1) is 17.7. The molecule has 2 aromatic carbocycles. The van der Waals surface area contributed by atoms with Crippen LogP contribution in [0.3, 0.4) is 0 Å². The van der Waals surface area contributed by atoms with Crippen LogP contribution in [0.25, 0.3) is 0 Å². The Morgan fingerprint density at radius 1 is 1.04 bits per heavy atom. The van der Waals surface area contributed by atoms with E-state index in [1.165, 1.54) is 24.3 Å². The summed E-state index contributed by atoms with van der Waals surface area (Å²) < 4.78 is 5.68. The fourth-order valence-corrected chi connectivity index (χ4v) is 2.79. The first-order chi connectivity index (χ1) is 11.6. The van der Waals surface area contributed by atoms with Crippen molar-refractivity contribution in [1.82, 2.24) is 0 Å². The summed E-state index contributed by atoms with van der Waals surface area (Å²) in [6.07, 6.45) is 1.32. The van der Waals surface area contributed by atoms with Crippen molar-refractivity contribution in [2.75, 3.05) is 0 Å². The van der Waals surface area contributed by atoms with E-state index in [-0.39, 0.29) is 17.7 Å². The summed E-state index contributed by atoms with van der Waals surface area (Å²) in [6, 6.07) is 15.5. The minimum absolute atomic E-state index is 0.0469. The number of nitro groups is 1. The van der Waals surface area contributed by atoms with E-state index in [1.54, 1.807) is 0 Å². The van der Waals surface area contributed by atoms with Gasteiger partial charge in [-0.1, -0.05) is 44.2 Å². The maximum absolute atomic E-state index is 12.4. The third-order valence-electron chi connectivity index (χ3n) is 4.09. The van der Waals surface area contributed by atoms with Crippen molar-refractivity contribution < 1.29 is 14.5 Å². The molecule has 0 saturated heterocycles. The van der Waals surface area contributed by atoms with Crippen molar-refractivity contribution in [2.24, 2.45) is 0 Å². The van der Waals surface area contributed by atoms with E-state index >= 15 is 0 Å². The Hall–Kier alpha value is -2.69. The molecule has 2 atom stereocenters. The molecule has 0 aliphatic carbocycles. The molecule has 0 aromatic heterocycles. The van der Waals surface area contributed by atoms with Gasteiger partial charge in [0.1, 0.15) is 6.10 Å². The quantitative estimate of drug-likeness (QED) is 0.419. The molecule has 0 bridgehead atoms. The van der Waals surface area contributed by atoms with Gasteiger partial charge in [-0.05, 0) is 30.5 Å². The zero-order valence-electron chi connectivity index (χ0n) is 13.8. The number of non-ortho nitro benzene ring substituents is 1. The van der Waals surface area contributed by atoms with Gasteiger partial charge in [-0.15, -0.1) is 0 Å². The van der Waals surface area contributed by atoms with Gasteiger partial charge in [-0.25, -0.2) is 4.79 Å². The lowest BCUT2D eigenvalue weighted by Gasteiger charge is -2.25. The van der Waals surface area contributed by atoms with Crippen LogP contribution in [0, 0.1) is 10.1 Å². The van der Waals surface area contributed by atoms with Gasteiger partial charge < -0.3 is 4.74 Å². The van der Waals surface area contributed by atoms with Crippen molar-refractivity contribution in [3.63, 3.8) is 0 Å². The van der Waals surface area contributed by atoms with E-state index in [9.17, 15) is 14.9 Å². The average molecular weight is 327 g/mol. The number of hydrogen-bond donors (Lipinski definition) is 0. The maximum atomic E-state index is 12.4. The standard InChI is InChI=1S/C19H21NO4/c1-3-17(14-8-6-5-7-9-14)18(4-2)24-19(21)15-10-12-16(13-11-15)20(22)23/h5-13,17-18H,3-4H2,1-2H3. The molecule has 5 nitrogen and oxygen atoms in total. The highest BCUT2D eigenvalue weighted by atomic mass is 16.6. The van der Waals surface area contributed by atoms with Crippen molar-refractivity contribution in [3.05, 3.63) is 75.8 Å². The Bertz CT molecular complexity index is 682. The Kier molecular flexibility index (Phi) is 6.07. The molecule has 2 unspecified atom stereocenters. The van der Waals surface area contributed by atoms with Gasteiger partial charge in [0.2, 0.25) is 0 Å². The summed E-state index contributed by atoms with van der Waals surface area (Å²) in [4.78, 5) is 22.5. The van der Waals surface area contributed by atoms with Gasteiger partial charge in [0, 0.05) is 18.1 Å². The summed E-state index contributed by atoms with van der Waals surface area (Å²) in [5, 5.41) is 10.7. The summed E-state index contributed by atoms with van der Waals surface area (Å²) in [5.41, 5.74) is 1.42. The fraction of sp³-hybridized carbons (Fsp3) is 0.316. The smallest absolute Gasteiger partial charge is 0.338 e. The molecule has 24 heavy (non-hydrogen) atoms. The predicted molar refractivity (Wildman–Crippen MR) is 92.1 cm³/mol. The van der Waals surface area contributed by atoms with Crippen molar-refractivity contribution in [1.29, 1.82) is 0 Å². The normalized spacial score (nSPS) is 13.1. The van der Waals surface area contributed by atoms with Gasteiger partial charge >= 0.3 is 5.97 Å². The van der Waals surface area contributed by atoms with E-state index in [4.69, 9.17) is 4.74 Å². The van der Waals surface area contributed by atoms with Crippen LogP contribution in [-0.4, -0.2) is 17.0 Å². The average Bonchev–Trinajstić information content (AvgIpc) is 2.62. The summed E-state index contributed by atoms with van der Waals surface area (Å²) >= 11 is 0. The minimum Gasteiger partial charge on any atom is -0.458 e. The van der Waals surface area contributed by atoms with E-state index in [2.05, 4.69) is 6.92 Å². The second kappa shape index (κ2) is 8.24. The van der Waals surface area contributed by atoms with Gasteiger partial charge in [-0.2, -0.15) is 0 Å². The lowest BCUT2D eigenvalue weighted by Crippen LogP contribution is -2.25. The Morgan fingerprint density at radius 2 is 1.67 bits per heavy atom. The highest BCUT2D eigenvalue weighted by Crippen LogP contribution is 2.28. The van der Waals surface area contributed by atoms with Gasteiger partial charge in [0.25, 0.3) is 5.69 Å². The summed E-state index contributed by atoms with van der Waals surface area (Å²) in [7, 11) is 0. The van der Waals surface area contributed by atoms with Crippen molar-refractivity contribution in [3.8, 4) is 0 Å². The number of nitro benzene ring substituents is 1. The molecule has 0 N–H and O–H groups in total. The second-order valence-electron chi connectivity index (χ2n) is 5.58. The topological polar surface area (TPSA) is 69.4 Å². The van der Waals surface area contributed by atoms with E-state index in [0.717, 1.165) is 12.0 Å². The highest BCUT2D eigenvalue weighted by Gasteiger charge is 2.24. The highest BCUT2D eigenvalue weighted by molar-refractivity contribution is 5.89. The molecule has 2 aromatic rings. The van der Waals surface area contributed by atoms with Gasteiger partial charge in [0.05, 0.1) is 10.5 Å². The SMILES string of the molecule is CCC(OC(=O)c1ccc([N+](=O)[O-])cc1)C(CC)c1ccccc1. The monoisotopic (exact) mass is 327 g/mol. The molecule has 0 aliphatic rings. The zero-order chi connectivity index (χ0) is 17.5. The number of carbonyl (C=O) groups excluding carboxylic acids is 1. The van der Waals surface area contributed by atoms with Crippen LogP contribution in [-0.2, 0) is 4.74 Å². The molecule has 2 rings (SSSR count). The van der Waals surface area contributed by atoms with Crippen LogP contribution < -0.4 is 0 Å². The van der Waals surface area contributed by atoms with Crippen LogP contribution in [0.1, 0.15) is 48.5 Å². The molecule has 0 spiro atoms. The number of benzene rings is 2. The molecular weight excluding hydrogens is 306 g/mol. The maximum Gasteiger partial charge on any atom is 0.338 e. The largest absolute Gasteiger partial charge is 0.458 e. The molecule has 126 valence electrons. The van der Waals surface area contributed by atoms with Crippen LogP contribution in [0.15, 0.2) is 54.6 Å². The fourth-order valence-electron chi connectivity index (χ4n) is 2.79. The third-order valence-corrected chi connectivity index (χ3v) is 4.09. The molecule has 0 radical (unpaired) electrons. The minimum atomic E-state index is -0.494. The van der Waals surface area contributed by atoms with Crippen LogP contribution >= 0.6 is 0 Å². The number of carbonyl (C=O) groups is 1. The number of esters is 1. The molecule has 0 aliphatic heterocycles. The number of rotatable bonds is 7. The lowest BCUT2D eigenvalue weighted by atomic mass is 9.89. The Balaban J connectivity index is 2.13. The van der Waals surface area contributed by atoms with Gasteiger partial charge in [0.15, 0.2) is 0 Å². The molecule has 5 heteroatoms. The second-order valence-corrected chi connectivity index (χ2v) is 5.58. The number of ether oxygens (including phenoxy) is 1. The summed E-state index contributed by atoms with van der Waals surface area (Å²) in [5.74, 6) is -0.329. The Labute approximate surface area is 141 Å². The molecule has 0 fully saturated rings. The molecule has 0 saturated carbocycles. The molecular formula is C19H21NO4. The first-order valence-corrected chi connectivity index (χ1v) is 8.07. The number of nitrogens with zero attached hydrogens (tertiary/aromatic N) is 1. The van der Waals surface area contributed by atoms with Crippen LogP contribution in [0.2, 0.25) is 0 Å². The molecule has 0 heterocycles. The van der Waals surface area contributed by atoms with Gasteiger partial charge in [-0.3, -0.25) is 10.1 Å². The van der Waals surface area contributed by atoms with Crippen molar-refractivity contribution >= 4 is 11.7 Å². The summed E-state index contributed by atoms with van der Waals surface area (Å²) in [6.45, 7) is 4.05. The van der Waals surface area contributed by atoms with Crippen molar-refractivity contribution in [2.45, 2.75) is 38.7 Å². The van der Waals surface area contributed by atoms with E-state index in [0.29, 0.717) is 12.0 Å². The Morgan fingerprint density at radius 3 is 2.17 bits per heavy atom. The predicted octanol–water partition coefficient (Wildman–Crippen LogP) is 4.72. The van der Waals surface area contributed by atoms with Crippen LogP contribution in [0.5, 0.6) is 0 Å².